The molecule has 156 valence electrons. The number of nitrogens with zero attached hydrogens (tertiary/aromatic N) is 3. The molecule has 2 heterocycles. The fourth-order valence-electron chi connectivity index (χ4n) is 3.07. The van der Waals surface area contributed by atoms with Crippen LogP contribution < -0.4 is 15.8 Å². The molecule has 4 aromatic rings. The van der Waals surface area contributed by atoms with E-state index in [1.54, 1.807) is 43.5 Å². The van der Waals surface area contributed by atoms with Crippen LogP contribution in [0.1, 0.15) is 5.56 Å². The van der Waals surface area contributed by atoms with Crippen molar-refractivity contribution in [1.82, 2.24) is 15.1 Å². The van der Waals surface area contributed by atoms with Crippen LogP contribution in [0.4, 0.5) is 11.8 Å². The molecule has 0 spiro atoms. The maximum Gasteiger partial charge on any atom is 0.241 e. The number of anilines is 2. The molecule has 0 radical (unpaired) electrons. The average molecular weight is 436 g/mol. The van der Waals surface area contributed by atoms with Crippen LogP contribution in [0.15, 0.2) is 65.3 Å². The van der Waals surface area contributed by atoms with Crippen LogP contribution in [-0.4, -0.2) is 28.1 Å². The Kier molecular flexibility index (Phi) is 5.81. The van der Waals surface area contributed by atoms with E-state index in [1.807, 2.05) is 18.2 Å². The van der Waals surface area contributed by atoms with E-state index in [9.17, 15) is 4.79 Å². The van der Waals surface area contributed by atoms with Crippen molar-refractivity contribution in [1.29, 1.82) is 0 Å². The number of nitrogen functional groups attached to an aromatic ring is 1. The quantitative estimate of drug-likeness (QED) is 0.465. The summed E-state index contributed by atoms with van der Waals surface area (Å²) in [5.74, 6) is 0.646. The van der Waals surface area contributed by atoms with Crippen LogP contribution in [0.25, 0.3) is 22.5 Å². The molecule has 0 unspecified atom stereocenters. The van der Waals surface area contributed by atoms with E-state index in [0.717, 1.165) is 11.1 Å². The number of benzene rings is 2. The molecule has 9 heteroatoms. The minimum absolute atomic E-state index is 0.0920. The Balaban J connectivity index is 1.68. The molecule has 0 aliphatic rings. The van der Waals surface area contributed by atoms with Gasteiger partial charge in [0.25, 0.3) is 0 Å². The Morgan fingerprint density at radius 2 is 2.00 bits per heavy atom. The van der Waals surface area contributed by atoms with Gasteiger partial charge in [-0.1, -0.05) is 41.0 Å². The van der Waals surface area contributed by atoms with Gasteiger partial charge in [0.05, 0.1) is 24.8 Å². The van der Waals surface area contributed by atoms with Crippen molar-refractivity contribution in [3.8, 4) is 28.3 Å². The highest BCUT2D eigenvalue weighted by Gasteiger charge is 2.22. The molecule has 4 rings (SSSR count). The number of methoxy groups -OCH3 is 1. The van der Waals surface area contributed by atoms with E-state index in [-0.39, 0.29) is 24.2 Å². The second-order valence-corrected chi connectivity index (χ2v) is 7.06. The first-order chi connectivity index (χ1) is 15.0. The van der Waals surface area contributed by atoms with Crippen LogP contribution in [0.2, 0.25) is 5.02 Å². The van der Waals surface area contributed by atoms with Crippen molar-refractivity contribution >= 4 is 29.3 Å². The van der Waals surface area contributed by atoms with E-state index < -0.39 is 0 Å². The molecule has 0 saturated heterocycles. The number of ether oxygens (including phenoxy) is 1. The first-order valence-corrected chi connectivity index (χ1v) is 9.68. The minimum Gasteiger partial charge on any atom is -0.497 e. The number of carbonyl (C=O) groups is 1. The summed E-state index contributed by atoms with van der Waals surface area (Å²) in [6.45, 7) is 0. The van der Waals surface area contributed by atoms with E-state index in [0.29, 0.717) is 27.7 Å². The molecule has 0 saturated carbocycles. The summed E-state index contributed by atoms with van der Waals surface area (Å²) in [5.41, 5.74) is 8.76. The zero-order chi connectivity index (χ0) is 21.8. The monoisotopic (exact) mass is 435 g/mol. The zero-order valence-electron chi connectivity index (χ0n) is 16.5. The van der Waals surface area contributed by atoms with Gasteiger partial charge in [-0.25, -0.2) is 9.97 Å². The van der Waals surface area contributed by atoms with E-state index in [2.05, 4.69) is 20.4 Å². The molecule has 0 aliphatic heterocycles. The summed E-state index contributed by atoms with van der Waals surface area (Å²) in [5, 5.41) is 7.53. The lowest BCUT2D eigenvalue weighted by Gasteiger charge is -2.07. The molecule has 1 amide bonds. The summed E-state index contributed by atoms with van der Waals surface area (Å²) in [7, 11) is 1.58. The molecule has 0 bridgehead atoms. The highest BCUT2D eigenvalue weighted by atomic mass is 35.5. The minimum atomic E-state index is -0.282. The van der Waals surface area contributed by atoms with Crippen molar-refractivity contribution in [2.75, 3.05) is 18.2 Å². The molecule has 0 atom stereocenters. The second-order valence-electron chi connectivity index (χ2n) is 6.62. The standard InChI is InChI=1S/C22H18ClN5O3/c1-30-16-4-2-3-13(11-16)12-18(29)27-21-19(17-9-10-25-22(24)26-17)20(28-31-21)14-5-7-15(23)8-6-14/h2-11H,12H2,1H3,(H,27,29)(H2,24,25,26). The highest BCUT2D eigenvalue weighted by Crippen LogP contribution is 2.37. The van der Waals surface area contributed by atoms with Gasteiger partial charge in [-0.2, -0.15) is 0 Å². The lowest BCUT2D eigenvalue weighted by molar-refractivity contribution is -0.115. The Morgan fingerprint density at radius 3 is 2.74 bits per heavy atom. The average Bonchev–Trinajstić information content (AvgIpc) is 3.17. The molecule has 8 nitrogen and oxygen atoms in total. The zero-order valence-corrected chi connectivity index (χ0v) is 17.3. The van der Waals surface area contributed by atoms with Crippen LogP contribution in [-0.2, 0) is 11.2 Å². The largest absolute Gasteiger partial charge is 0.497 e. The van der Waals surface area contributed by atoms with Gasteiger partial charge in [-0.3, -0.25) is 10.1 Å². The molecular weight excluding hydrogens is 418 g/mol. The number of carbonyl (C=O) groups excluding carboxylic acids is 1. The van der Waals surface area contributed by atoms with E-state index >= 15 is 0 Å². The van der Waals surface area contributed by atoms with Gasteiger partial charge < -0.3 is 15.0 Å². The number of hydrogen-bond acceptors (Lipinski definition) is 7. The van der Waals surface area contributed by atoms with Gasteiger partial charge in [0, 0.05) is 16.8 Å². The number of hydrogen-bond donors (Lipinski definition) is 2. The molecule has 3 N–H and O–H groups in total. The van der Waals surface area contributed by atoms with Gasteiger partial charge in [-0.05, 0) is 35.9 Å². The number of halogens is 1. The molecule has 31 heavy (non-hydrogen) atoms. The Hall–Kier alpha value is -3.91. The van der Waals surface area contributed by atoms with Gasteiger partial charge in [-0.15, -0.1) is 0 Å². The highest BCUT2D eigenvalue weighted by molar-refractivity contribution is 6.30. The normalized spacial score (nSPS) is 10.6. The van der Waals surface area contributed by atoms with Crippen molar-refractivity contribution in [2.24, 2.45) is 0 Å². The fraction of sp³-hybridized carbons (Fsp3) is 0.0909. The summed E-state index contributed by atoms with van der Waals surface area (Å²) in [6, 6.07) is 16.0. The van der Waals surface area contributed by atoms with Crippen molar-refractivity contribution in [3.05, 3.63) is 71.4 Å². The number of nitrogens with one attached hydrogen (secondary N) is 1. The SMILES string of the molecule is COc1cccc(CC(=O)Nc2onc(-c3ccc(Cl)cc3)c2-c2ccnc(N)n2)c1. The fourth-order valence-corrected chi connectivity index (χ4v) is 3.20. The van der Waals surface area contributed by atoms with Crippen LogP contribution >= 0.6 is 11.6 Å². The number of rotatable bonds is 6. The number of nitrogens with two attached hydrogens (primary N) is 1. The maximum atomic E-state index is 12.7. The Bertz CT molecular complexity index is 1220. The van der Waals surface area contributed by atoms with Crippen LogP contribution in [0.3, 0.4) is 0 Å². The summed E-state index contributed by atoms with van der Waals surface area (Å²) in [4.78, 5) is 20.9. The molecule has 2 aromatic heterocycles. The van der Waals surface area contributed by atoms with Gasteiger partial charge in [0.15, 0.2) is 0 Å². The Morgan fingerprint density at radius 1 is 1.19 bits per heavy atom. The van der Waals surface area contributed by atoms with Gasteiger partial charge in [0.2, 0.25) is 17.7 Å². The third-order valence-corrected chi connectivity index (χ3v) is 4.74. The second kappa shape index (κ2) is 8.85. The number of aromatic nitrogens is 3. The smallest absolute Gasteiger partial charge is 0.241 e. The summed E-state index contributed by atoms with van der Waals surface area (Å²) < 4.78 is 10.7. The van der Waals surface area contributed by atoms with Crippen LogP contribution in [0.5, 0.6) is 5.75 Å². The first kappa shape index (κ1) is 20.4. The predicted molar refractivity (Wildman–Crippen MR) is 118 cm³/mol. The van der Waals surface area contributed by atoms with Crippen molar-refractivity contribution in [3.63, 3.8) is 0 Å². The molecule has 2 aromatic carbocycles. The lowest BCUT2D eigenvalue weighted by atomic mass is 10.0. The first-order valence-electron chi connectivity index (χ1n) is 9.31. The van der Waals surface area contributed by atoms with E-state index in [1.165, 1.54) is 6.20 Å². The summed E-state index contributed by atoms with van der Waals surface area (Å²) >= 11 is 6.00. The Labute approximate surface area is 183 Å². The molecule has 0 aliphatic carbocycles. The molecule has 0 fully saturated rings. The topological polar surface area (TPSA) is 116 Å². The van der Waals surface area contributed by atoms with Crippen molar-refractivity contribution in [2.45, 2.75) is 6.42 Å². The predicted octanol–water partition coefficient (Wildman–Crippen LogP) is 4.22. The third-order valence-electron chi connectivity index (χ3n) is 4.49. The maximum absolute atomic E-state index is 12.7. The lowest BCUT2D eigenvalue weighted by Crippen LogP contribution is -2.14. The summed E-state index contributed by atoms with van der Waals surface area (Å²) in [6.07, 6.45) is 1.65. The van der Waals surface area contributed by atoms with Crippen molar-refractivity contribution < 1.29 is 14.1 Å². The third kappa shape index (κ3) is 4.65. The van der Waals surface area contributed by atoms with E-state index in [4.69, 9.17) is 26.6 Å². The van der Waals surface area contributed by atoms with Gasteiger partial charge >= 0.3 is 0 Å². The van der Waals surface area contributed by atoms with Crippen LogP contribution in [0, 0.1) is 0 Å². The number of amides is 1. The molecular formula is C22H18ClN5O3. The van der Waals surface area contributed by atoms with Gasteiger partial charge in [0.1, 0.15) is 11.4 Å².